The molecule has 4 bridgehead atoms. The molecule has 2 aromatic carbocycles. The van der Waals surface area contributed by atoms with Gasteiger partial charge in [0.1, 0.15) is 11.4 Å². The van der Waals surface area contributed by atoms with Gasteiger partial charge in [-0.2, -0.15) is 0 Å². The highest BCUT2D eigenvalue weighted by atomic mass is 16.6. The van der Waals surface area contributed by atoms with Crippen molar-refractivity contribution in [1.82, 2.24) is 4.90 Å². The molecule has 0 spiro atoms. The Hall–Kier alpha value is -2.49. The summed E-state index contributed by atoms with van der Waals surface area (Å²) >= 11 is 0. The Bertz CT molecular complexity index is 869. The van der Waals surface area contributed by atoms with Gasteiger partial charge >= 0.3 is 6.09 Å². The number of amides is 1. The Labute approximate surface area is 147 Å². The first-order valence-corrected chi connectivity index (χ1v) is 8.81. The van der Waals surface area contributed by atoms with E-state index in [2.05, 4.69) is 24.3 Å². The molecule has 1 saturated heterocycles. The summed E-state index contributed by atoms with van der Waals surface area (Å²) in [5.41, 5.74) is 3.19. The first-order chi connectivity index (χ1) is 12.0. The Morgan fingerprint density at radius 3 is 2.32 bits per heavy atom. The van der Waals surface area contributed by atoms with Crippen LogP contribution < -0.4 is 4.74 Å². The average molecular weight is 335 g/mol. The standard InChI is InChI=1S/C21H21NO3/c1-21(2,3)25-20(23)22-18-13-9-5-4-8-12(13)17-16(18)14-10-6-7-11-15(14)24-19(17)22/h4-11,16-19H,1-3H3/t16-,17-,18+,19+/m0/s1. The van der Waals surface area contributed by atoms with E-state index in [0.29, 0.717) is 0 Å². The second-order valence-electron chi connectivity index (χ2n) is 8.06. The minimum Gasteiger partial charge on any atom is -0.469 e. The zero-order valence-electron chi connectivity index (χ0n) is 14.6. The highest BCUT2D eigenvalue weighted by Gasteiger charge is 2.63. The van der Waals surface area contributed by atoms with Crippen molar-refractivity contribution in [2.45, 2.75) is 50.5 Å². The van der Waals surface area contributed by atoms with Crippen LogP contribution in [-0.2, 0) is 4.74 Å². The molecule has 3 aliphatic rings. The maximum atomic E-state index is 13.0. The van der Waals surface area contributed by atoms with Crippen molar-refractivity contribution in [2.24, 2.45) is 0 Å². The zero-order chi connectivity index (χ0) is 17.3. The Morgan fingerprint density at radius 2 is 1.60 bits per heavy atom. The van der Waals surface area contributed by atoms with Gasteiger partial charge in [-0.25, -0.2) is 4.79 Å². The monoisotopic (exact) mass is 335 g/mol. The highest BCUT2D eigenvalue weighted by molar-refractivity contribution is 5.73. The molecule has 4 atom stereocenters. The molecule has 1 amide bonds. The lowest BCUT2D eigenvalue weighted by Gasteiger charge is -2.37. The predicted molar refractivity (Wildman–Crippen MR) is 93.6 cm³/mol. The third-order valence-electron chi connectivity index (χ3n) is 5.41. The van der Waals surface area contributed by atoms with Gasteiger partial charge in [0.2, 0.25) is 0 Å². The largest absolute Gasteiger partial charge is 0.469 e. The van der Waals surface area contributed by atoms with E-state index in [9.17, 15) is 4.79 Å². The lowest BCUT2D eigenvalue weighted by atomic mass is 9.85. The van der Waals surface area contributed by atoms with E-state index in [-0.39, 0.29) is 30.2 Å². The van der Waals surface area contributed by atoms with Gasteiger partial charge in [-0.05, 0) is 38.0 Å². The van der Waals surface area contributed by atoms with Crippen molar-refractivity contribution in [3.8, 4) is 5.75 Å². The molecule has 4 heteroatoms. The number of rotatable bonds is 0. The van der Waals surface area contributed by atoms with Gasteiger partial charge < -0.3 is 9.47 Å². The Morgan fingerprint density at radius 1 is 0.960 bits per heavy atom. The molecule has 128 valence electrons. The van der Waals surface area contributed by atoms with Crippen LogP contribution in [0.4, 0.5) is 4.79 Å². The first kappa shape index (κ1) is 14.8. The number of hydrogen-bond donors (Lipinski definition) is 0. The maximum absolute atomic E-state index is 13.0. The molecule has 0 saturated carbocycles. The van der Waals surface area contributed by atoms with Crippen LogP contribution in [0.3, 0.4) is 0 Å². The second kappa shape index (κ2) is 4.78. The second-order valence-corrected chi connectivity index (χ2v) is 8.06. The minimum absolute atomic E-state index is 0.0234. The SMILES string of the molecule is CC(C)(C)OC(=O)N1[C@@H]2Oc3ccccc3[C@H]3[C@@H]2c2ccccc2[C@H]31. The van der Waals surface area contributed by atoms with Crippen LogP contribution in [-0.4, -0.2) is 22.8 Å². The molecule has 2 aliphatic heterocycles. The smallest absolute Gasteiger partial charge is 0.413 e. The molecule has 0 unspecified atom stereocenters. The quantitative estimate of drug-likeness (QED) is 0.707. The van der Waals surface area contributed by atoms with Crippen LogP contribution in [0.15, 0.2) is 48.5 Å². The lowest BCUT2D eigenvalue weighted by Crippen LogP contribution is -2.47. The Balaban J connectivity index is 1.65. The van der Waals surface area contributed by atoms with Crippen molar-refractivity contribution in [3.63, 3.8) is 0 Å². The summed E-state index contributed by atoms with van der Waals surface area (Å²) in [4.78, 5) is 14.8. The number of nitrogens with zero attached hydrogens (tertiary/aromatic N) is 1. The molecular weight excluding hydrogens is 314 g/mol. The van der Waals surface area contributed by atoms with Crippen molar-refractivity contribution < 1.29 is 14.3 Å². The van der Waals surface area contributed by atoms with Gasteiger partial charge in [0, 0.05) is 11.5 Å². The van der Waals surface area contributed by atoms with E-state index in [1.807, 2.05) is 49.9 Å². The van der Waals surface area contributed by atoms with E-state index in [1.54, 1.807) is 0 Å². The Kier molecular flexibility index (Phi) is 2.83. The van der Waals surface area contributed by atoms with Crippen LogP contribution in [0.1, 0.15) is 55.3 Å². The summed E-state index contributed by atoms with van der Waals surface area (Å²) in [7, 11) is 0. The molecule has 1 aliphatic carbocycles. The van der Waals surface area contributed by atoms with Crippen LogP contribution in [0, 0.1) is 0 Å². The van der Waals surface area contributed by atoms with Gasteiger partial charge in [-0.1, -0.05) is 42.5 Å². The molecule has 2 aromatic rings. The van der Waals surface area contributed by atoms with E-state index < -0.39 is 5.60 Å². The molecule has 0 aromatic heterocycles. The molecule has 4 nitrogen and oxygen atoms in total. The van der Waals surface area contributed by atoms with Gasteiger partial charge in [-0.3, -0.25) is 4.90 Å². The molecule has 0 radical (unpaired) electrons. The zero-order valence-corrected chi connectivity index (χ0v) is 14.6. The fourth-order valence-electron chi connectivity index (χ4n) is 4.67. The summed E-state index contributed by atoms with van der Waals surface area (Å²) in [6.07, 6.45) is -0.591. The number of carbonyl (C=O) groups excluding carboxylic acids is 1. The highest BCUT2D eigenvalue weighted by Crippen LogP contribution is 2.65. The first-order valence-electron chi connectivity index (χ1n) is 8.81. The molecule has 5 rings (SSSR count). The minimum atomic E-state index is -0.528. The number of hydrogen-bond acceptors (Lipinski definition) is 3. The van der Waals surface area contributed by atoms with Crippen molar-refractivity contribution in [3.05, 3.63) is 65.2 Å². The van der Waals surface area contributed by atoms with Crippen LogP contribution in [0.2, 0.25) is 0 Å². The maximum Gasteiger partial charge on any atom is 0.413 e. The number of ether oxygens (including phenoxy) is 2. The average Bonchev–Trinajstić information content (AvgIpc) is 3.01. The number of carbonyl (C=O) groups is 1. The van der Waals surface area contributed by atoms with Gasteiger partial charge in [-0.15, -0.1) is 0 Å². The molecule has 1 fully saturated rings. The van der Waals surface area contributed by atoms with Crippen molar-refractivity contribution in [1.29, 1.82) is 0 Å². The van der Waals surface area contributed by atoms with E-state index in [0.717, 1.165) is 5.75 Å². The summed E-state index contributed by atoms with van der Waals surface area (Å²) in [6.45, 7) is 5.69. The summed E-state index contributed by atoms with van der Waals surface area (Å²) in [6, 6.07) is 16.5. The molecule has 25 heavy (non-hydrogen) atoms. The number of para-hydroxylation sites is 1. The van der Waals surface area contributed by atoms with Crippen molar-refractivity contribution >= 4 is 6.09 Å². The third-order valence-corrected chi connectivity index (χ3v) is 5.41. The van der Waals surface area contributed by atoms with Crippen molar-refractivity contribution in [2.75, 3.05) is 0 Å². The lowest BCUT2D eigenvalue weighted by molar-refractivity contribution is -0.0227. The normalized spacial score (nSPS) is 28.2. The fourth-order valence-corrected chi connectivity index (χ4v) is 4.67. The van der Waals surface area contributed by atoms with Crippen LogP contribution >= 0.6 is 0 Å². The molecular formula is C21H21NO3. The summed E-state index contributed by atoms with van der Waals surface area (Å²) < 4.78 is 12.0. The molecule has 0 N–H and O–H groups in total. The van der Waals surface area contributed by atoms with Gasteiger partial charge in [0.25, 0.3) is 0 Å². The van der Waals surface area contributed by atoms with Gasteiger partial charge in [0.05, 0.1) is 12.0 Å². The predicted octanol–water partition coefficient (Wildman–Crippen LogP) is 4.58. The van der Waals surface area contributed by atoms with E-state index in [4.69, 9.17) is 9.47 Å². The number of benzene rings is 2. The van der Waals surface area contributed by atoms with E-state index in [1.165, 1.54) is 16.7 Å². The van der Waals surface area contributed by atoms with Gasteiger partial charge in [0.15, 0.2) is 6.23 Å². The summed E-state index contributed by atoms with van der Waals surface area (Å²) in [5, 5.41) is 0. The van der Waals surface area contributed by atoms with E-state index >= 15 is 0 Å². The number of fused-ring (bicyclic) bond motifs is 3. The van der Waals surface area contributed by atoms with Crippen LogP contribution in [0.25, 0.3) is 0 Å². The fraction of sp³-hybridized carbons (Fsp3) is 0.381. The number of likely N-dealkylation sites (tertiary alicyclic amines) is 1. The third kappa shape index (κ3) is 1.97. The molecule has 2 heterocycles. The topological polar surface area (TPSA) is 38.8 Å². The summed E-state index contributed by atoms with van der Waals surface area (Å²) in [5.74, 6) is 1.29. The van der Waals surface area contributed by atoms with Crippen LogP contribution in [0.5, 0.6) is 5.75 Å².